The molecule has 0 aromatic heterocycles. The van der Waals surface area contributed by atoms with Crippen molar-refractivity contribution in [1.82, 2.24) is 0 Å². The monoisotopic (exact) mass is 182 g/mol. The van der Waals surface area contributed by atoms with Crippen LogP contribution in [0.4, 0.5) is 0 Å². The van der Waals surface area contributed by atoms with Crippen LogP contribution in [0.3, 0.4) is 0 Å². The molecule has 0 radical (unpaired) electrons. The molecular weight excluding hydrogens is 168 g/mol. The Morgan fingerprint density at radius 3 is 3.08 bits per heavy atom. The van der Waals surface area contributed by atoms with Crippen molar-refractivity contribution in [1.29, 1.82) is 0 Å². The molecule has 0 aliphatic carbocycles. The lowest BCUT2D eigenvalue weighted by Crippen LogP contribution is -2.10. The molecule has 0 bridgehead atoms. The van der Waals surface area contributed by atoms with Crippen LogP contribution >= 0.6 is 0 Å². The van der Waals surface area contributed by atoms with Crippen molar-refractivity contribution in [3.8, 4) is 0 Å². The largest absolute Gasteiger partial charge is 0.494 e. The number of carbonyl (C=O) groups is 1. The Labute approximate surface area is 78.0 Å². The average Bonchev–Trinajstić information content (AvgIpc) is 2.51. The van der Waals surface area contributed by atoms with Crippen LogP contribution in [0.5, 0.6) is 0 Å². The van der Waals surface area contributed by atoms with E-state index in [1.165, 1.54) is 0 Å². The van der Waals surface area contributed by atoms with E-state index in [4.69, 9.17) is 9.47 Å². The summed E-state index contributed by atoms with van der Waals surface area (Å²) in [7, 11) is 0. The van der Waals surface area contributed by atoms with Crippen LogP contribution in [0, 0.1) is 0 Å². The van der Waals surface area contributed by atoms with Crippen molar-refractivity contribution < 1.29 is 14.3 Å². The fourth-order valence-corrected chi connectivity index (χ4v) is 1.17. The molecule has 1 fully saturated rings. The lowest BCUT2D eigenvalue weighted by molar-refractivity contribution is -0.141. The van der Waals surface area contributed by atoms with Gasteiger partial charge in [0.1, 0.15) is 11.9 Å². The molecule has 1 heterocycles. The molecule has 0 saturated carbocycles. The van der Waals surface area contributed by atoms with Crippen LogP contribution in [0.2, 0.25) is 0 Å². The Morgan fingerprint density at radius 1 is 1.77 bits per heavy atom. The molecule has 72 valence electrons. The van der Waals surface area contributed by atoms with E-state index in [0.29, 0.717) is 18.8 Å². The molecule has 0 aromatic rings. The van der Waals surface area contributed by atoms with E-state index in [1.54, 1.807) is 6.08 Å². The van der Waals surface area contributed by atoms with Gasteiger partial charge in [-0.1, -0.05) is 13.2 Å². The van der Waals surface area contributed by atoms with E-state index in [-0.39, 0.29) is 12.1 Å². The molecule has 1 saturated heterocycles. The standard InChI is InChI=1S/C10H14O3/c1-3-8(2)12-7-6-9-4-5-10(11)13-9/h3,9H,1-2,4-7H2. The quantitative estimate of drug-likeness (QED) is 0.369. The highest BCUT2D eigenvalue weighted by Crippen LogP contribution is 2.16. The molecule has 0 spiro atoms. The van der Waals surface area contributed by atoms with Crippen LogP contribution in [-0.2, 0) is 14.3 Å². The second-order valence-electron chi connectivity index (χ2n) is 2.96. The van der Waals surface area contributed by atoms with E-state index in [1.807, 2.05) is 0 Å². The summed E-state index contributed by atoms with van der Waals surface area (Å²) in [5.74, 6) is 0.455. The van der Waals surface area contributed by atoms with E-state index >= 15 is 0 Å². The minimum Gasteiger partial charge on any atom is -0.494 e. The van der Waals surface area contributed by atoms with E-state index < -0.39 is 0 Å². The summed E-state index contributed by atoms with van der Waals surface area (Å²) in [6.07, 6.45) is 3.67. The number of rotatable bonds is 5. The maximum Gasteiger partial charge on any atom is 0.306 e. The van der Waals surface area contributed by atoms with E-state index in [9.17, 15) is 4.79 Å². The van der Waals surface area contributed by atoms with Gasteiger partial charge in [0.05, 0.1) is 6.61 Å². The number of cyclic esters (lactones) is 1. The van der Waals surface area contributed by atoms with Gasteiger partial charge in [-0.3, -0.25) is 4.79 Å². The predicted octanol–water partition coefficient (Wildman–Crippen LogP) is 1.80. The van der Waals surface area contributed by atoms with Crippen molar-refractivity contribution in [2.24, 2.45) is 0 Å². The Balaban J connectivity index is 2.09. The van der Waals surface area contributed by atoms with Gasteiger partial charge in [0.2, 0.25) is 0 Å². The van der Waals surface area contributed by atoms with Crippen molar-refractivity contribution in [3.63, 3.8) is 0 Å². The zero-order valence-corrected chi connectivity index (χ0v) is 7.62. The molecule has 1 aliphatic rings. The molecule has 0 N–H and O–H groups in total. The number of hydrogen-bond acceptors (Lipinski definition) is 3. The first-order chi connectivity index (χ1) is 6.22. The number of allylic oxidation sites excluding steroid dienone is 1. The van der Waals surface area contributed by atoms with Crippen LogP contribution in [-0.4, -0.2) is 18.7 Å². The third kappa shape index (κ3) is 3.32. The number of hydrogen-bond donors (Lipinski definition) is 0. The number of ether oxygens (including phenoxy) is 2. The Bertz CT molecular complexity index is 220. The van der Waals surface area contributed by atoms with Crippen molar-refractivity contribution in [2.75, 3.05) is 6.61 Å². The summed E-state index contributed by atoms with van der Waals surface area (Å²) < 4.78 is 10.2. The van der Waals surface area contributed by atoms with Crippen molar-refractivity contribution in [3.05, 3.63) is 25.0 Å². The first kappa shape index (κ1) is 9.84. The van der Waals surface area contributed by atoms with E-state index in [0.717, 1.165) is 12.8 Å². The van der Waals surface area contributed by atoms with Gasteiger partial charge < -0.3 is 9.47 Å². The van der Waals surface area contributed by atoms with Crippen LogP contribution in [0.1, 0.15) is 19.3 Å². The summed E-state index contributed by atoms with van der Waals surface area (Å²) in [6, 6.07) is 0. The maximum absolute atomic E-state index is 10.7. The molecule has 0 amide bonds. The molecular formula is C10H14O3. The fourth-order valence-electron chi connectivity index (χ4n) is 1.17. The molecule has 13 heavy (non-hydrogen) atoms. The first-order valence-electron chi connectivity index (χ1n) is 4.36. The summed E-state index contributed by atoms with van der Waals surface area (Å²) in [6.45, 7) is 7.65. The smallest absolute Gasteiger partial charge is 0.306 e. The SMILES string of the molecule is C=CC(=C)OCCC1CCC(=O)O1. The molecule has 3 nitrogen and oxygen atoms in total. The van der Waals surface area contributed by atoms with Crippen LogP contribution < -0.4 is 0 Å². The lowest BCUT2D eigenvalue weighted by Gasteiger charge is -2.09. The zero-order chi connectivity index (χ0) is 9.68. The van der Waals surface area contributed by atoms with Crippen LogP contribution in [0.15, 0.2) is 25.0 Å². The predicted molar refractivity (Wildman–Crippen MR) is 49.0 cm³/mol. The van der Waals surface area contributed by atoms with Gasteiger partial charge >= 0.3 is 5.97 Å². The van der Waals surface area contributed by atoms with Crippen molar-refractivity contribution in [2.45, 2.75) is 25.4 Å². The Hall–Kier alpha value is -1.25. The number of esters is 1. The summed E-state index contributed by atoms with van der Waals surface area (Å²) in [4.78, 5) is 10.7. The minimum absolute atomic E-state index is 0.0325. The first-order valence-corrected chi connectivity index (χ1v) is 4.36. The summed E-state index contributed by atoms with van der Waals surface area (Å²) >= 11 is 0. The fraction of sp³-hybridized carbons (Fsp3) is 0.500. The summed E-state index contributed by atoms with van der Waals surface area (Å²) in [5.41, 5.74) is 0. The highest BCUT2D eigenvalue weighted by molar-refractivity contribution is 5.71. The Kier molecular flexibility index (Phi) is 3.55. The molecule has 3 heteroatoms. The van der Waals surface area contributed by atoms with Gasteiger partial charge in [-0.05, 0) is 12.5 Å². The third-order valence-corrected chi connectivity index (χ3v) is 1.92. The normalized spacial score (nSPS) is 20.9. The highest BCUT2D eigenvalue weighted by atomic mass is 16.6. The molecule has 1 unspecified atom stereocenters. The zero-order valence-electron chi connectivity index (χ0n) is 7.62. The van der Waals surface area contributed by atoms with E-state index in [2.05, 4.69) is 13.2 Å². The third-order valence-electron chi connectivity index (χ3n) is 1.92. The average molecular weight is 182 g/mol. The van der Waals surface area contributed by atoms with Gasteiger partial charge in [-0.25, -0.2) is 0 Å². The second-order valence-corrected chi connectivity index (χ2v) is 2.96. The second kappa shape index (κ2) is 4.70. The highest BCUT2D eigenvalue weighted by Gasteiger charge is 2.22. The summed E-state index contributed by atoms with van der Waals surface area (Å²) in [5, 5.41) is 0. The van der Waals surface area contributed by atoms with Gasteiger partial charge in [-0.15, -0.1) is 0 Å². The molecule has 1 atom stereocenters. The molecule has 1 rings (SSSR count). The van der Waals surface area contributed by atoms with Gasteiger partial charge in [0, 0.05) is 12.8 Å². The van der Waals surface area contributed by atoms with Crippen LogP contribution in [0.25, 0.3) is 0 Å². The topological polar surface area (TPSA) is 35.5 Å². The maximum atomic E-state index is 10.7. The lowest BCUT2D eigenvalue weighted by atomic mass is 10.2. The minimum atomic E-state index is -0.104. The van der Waals surface area contributed by atoms with Crippen molar-refractivity contribution >= 4 is 5.97 Å². The molecule has 0 aromatic carbocycles. The van der Waals surface area contributed by atoms with Gasteiger partial charge in [0.25, 0.3) is 0 Å². The molecule has 1 aliphatic heterocycles. The van der Waals surface area contributed by atoms with Gasteiger partial charge in [-0.2, -0.15) is 0 Å². The van der Waals surface area contributed by atoms with Gasteiger partial charge in [0.15, 0.2) is 0 Å². The number of carbonyl (C=O) groups excluding carboxylic acids is 1. The Morgan fingerprint density at radius 2 is 2.54 bits per heavy atom.